The second-order valence-corrected chi connectivity index (χ2v) is 8.64. The van der Waals surface area contributed by atoms with Crippen molar-refractivity contribution in [2.75, 3.05) is 11.1 Å². The maximum absolute atomic E-state index is 12.5. The SMILES string of the molecule is Cc1ccc(C2=C[C@@H]3C(=O)NN[C@@H](SCC(=O)Nc4cccc(Cl)c4C)N3N2)cc1. The normalized spacial score (nSPS) is 20.8. The number of benzene rings is 2. The molecule has 2 atom stereocenters. The fourth-order valence-corrected chi connectivity index (χ4v) is 4.31. The summed E-state index contributed by atoms with van der Waals surface area (Å²) in [6.45, 7) is 3.89. The van der Waals surface area contributed by atoms with Gasteiger partial charge in [-0.05, 0) is 43.2 Å². The van der Waals surface area contributed by atoms with Gasteiger partial charge in [0.15, 0.2) is 0 Å². The van der Waals surface area contributed by atoms with Crippen molar-refractivity contribution in [3.05, 3.63) is 70.3 Å². The zero-order valence-electron chi connectivity index (χ0n) is 16.5. The molecule has 0 spiro atoms. The summed E-state index contributed by atoms with van der Waals surface area (Å²) in [5, 5.41) is 5.31. The van der Waals surface area contributed by atoms with Crippen LogP contribution >= 0.6 is 23.4 Å². The maximum atomic E-state index is 12.5. The van der Waals surface area contributed by atoms with Crippen LogP contribution in [-0.4, -0.2) is 34.1 Å². The number of carbonyl (C=O) groups is 2. The van der Waals surface area contributed by atoms with E-state index in [4.69, 9.17) is 11.6 Å². The molecular weight excluding hydrogens is 422 g/mol. The van der Waals surface area contributed by atoms with Crippen LogP contribution in [0.1, 0.15) is 16.7 Å². The summed E-state index contributed by atoms with van der Waals surface area (Å²) in [6.07, 6.45) is 1.89. The Morgan fingerprint density at radius 1 is 1.20 bits per heavy atom. The van der Waals surface area contributed by atoms with E-state index in [0.29, 0.717) is 10.7 Å². The second kappa shape index (κ2) is 8.69. The Morgan fingerprint density at radius 2 is 1.97 bits per heavy atom. The molecule has 2 aliphatic heterocycles. The lowest BCUT2D eigenvalue weighted by Gasteiger charge is -2.36. The number of nitrogens with one attached hydrogen (secondary N) is 4. The van der Waals surface area contributed by atoms with Gasteiger partial charge < -0.3 is 10.7 Å². The summed E-state index contributed by atoms with van der Waals surface area (Å²) in [4.78, 5) is 24.8. The summed E-state index contributed by atoms with van der Waals surface area (Å²) in [5.41, 5.74) is 13.2. The van der Waals surface area contributed by atoms with Crippen LogP contribution in [0.25, 0.3) is 5.70 Å². The van der Waals surface area contributed by atoms with Crippen LogP contribution in [-0.2, 0) is 9.59 Å². The van der Waals surface area contributed by atoms with Crippen LogP contribution in [0.2, 0.25) is 5.02 Å². The lowest BCUT2D eigenvalue weighted by molar-refractivity contribution is -0.130. The van der Waals surface area contributed by atoms with Crippen molar-refractivity contribution in [1.29, 1.82) is 0 Å². The summed E-state index contributed by atoms with van der Waals surface area (Å²) >= 11 is 7.49. The Kier molecular flexibility index (Phi) is 6.01. The van der Waals surface area contributed by atoms with Crippen molar-refractivity contribution in [2.24, 2.45) is 0 Å². The molecule has 4 N–H and O–H groups in total. The van der Waals surface area contributed by atoms with Gasteiger partial charge >= 0.3 is 0 Å². The molecule has 1 saturated heterocycles. The summed E-state index contributed by atoms with van der Waals surface area (Å²) in [6, 6.07) is 13.0. The standard InChI is InChI=1S/C21H22ClN5O2S/c1-12-6-8-14(9-7-12)17-10-18-20(29)24-25-21(27(18)26-17)30-11-19(28)23-16-5-3-4-15(22)13(16)2/h3-10,18,21,25-26H,11H2,1-2H3,(H,23,28)(H,24,29)/t18-,21-/m1/s1. The topological polar surface area (TPSA) is 85.5 Å². The number of fused-ring (bicyclic) bond motifs is 1. The Bertz CT molecular complexity index is 1010. The first kappa shape index (κ1) is 20.7. The van der Waals surface area contributed by atoms with E-state index < -0.39 is 6.04 Å². The molecule has 156 valence electrons. The number of aryl methyl sites for hydroxylation is 1. The zero-order chi connectivity index (χ0) is 21.3. The molecular formula is C21H22ClN5O2S. The average Bonchev–Trinajstić information content (AvgIpc) is 3.18. The van der Waals surface area contributed by atoms with Crippen molar-refractivity contribution in [2.45, 2.75) is 25.4 Å². The summed E-state index contributed by atoms with van der Waals surface area (Å²) in [7, 11) is 0. The molecule has 0 unspecified atom stereocenters. The molecule has 0 aliphatic carbocycles. The number of rotatable bonds is 5. The maximum Gasteiger partial charge on any atom is 0.257 e. The van der Waals surface area contributed by atoms with Gasteiger partial charge in [0.05, 0.1) is 11.4 Å². The van der Waals surface area contributed by atoms with Crippen LogP contribution in [0.4, 0.5) is 5.69 Å². The number of halogens is 1. The summed E-state index contributed by atoms with van der Waals surface area (Å²) < 4.78 is 0. The molecule has 2 amide bonds. The minimum atomic E-state index is -0.460. The van der Waals surface area contributed by atoms with Gasteiger partial charge in [0, 0.05) is 10.7 Å². The minimum absolute atomic E-state index is 0.147. The molecule has 7 nitrogen and oxygen atoms in total. The molecule has 30 heavy (non-hydrogen) atoms. The first-order valence-electron chi connectivity index (χ1n) is 9.48. The third kappa shape index (κ3) is 4.32. The Labute approximate surface area is 184 Å². The first-order valence-corrected chi connectivity index (χ1v) is 10.9. The van der Waals surface area contributed by atoms with Gasteiger partial charge in [-0.3, -0.25) is 15.0 Å². The Balaban J connectivity index is 1.39. The molecule has 2 aliphatic rings. The van der Waals surface area contributed by atoms with Gasteiger partial charge in [-0.25, -0.2) is 5.43 Å². The van der Waals surface area contributed by atoms with E-state index >= 15 is 0 Å². The third-order valence-corrected chi connectivity index (χ3v) is 6.49. The van der Waals surface area contributed by atoms with Crippen molar-refractivity contribution in [3.8, 4) is 0 Å². The fraction of sp³-hybridized carbons (Fsp3) is 0.238. The quantitative estimate of drug-likeness (QED) is 0.568. The van der Waals surface area contributed by atoms with Crippen molar-refractivity contribution in [3.63, 3.8) is 0 Å². The number of nitrogens with zero attached hydrogens (tertiary/aromatic N) is 1. The average molecular weight is 444 g/mol. The van der Waals surface area contributed by atoms with Gasteiger partial charge in [0.2, 0.25) is 5.91 Å². The van der Waals surface area contributed by atoms with E-state index in [1.165, 1.54) is 17.3 Å². The monoisotopic (exact) mass is 443 g/mol. The second-order valence-electron chi connectivity index (χ2n) is 7.17. The van der Waals surface area contributed by atoms with Gasteiger partial charge in [-0.1, -0.05) is 47.5 Å². The van der Waals surface area contributed by atoms with Gasteiger partial charge in [-0.15, -0.1) is 11.8 Å². The molecule has 9 heteroatoms. The van der Waals surface area contributed by atoms with Crippen LogP contribution in [0.5, 0.6) is 0 Å². The van der Waals surface area contributed by atoms with Crippen LogP contribution in [0, 0.1) is 13.8 Å². The van der Waals surface area contributed by atoms with E-state index in [2.05, 4.69) is 21.6 Å². The molecule has 4 rings (SSSR count). The molecule has 2 heterocycles. The van der Waals surface area contributed by atoms with Gasteiger partial charge in [0.1, 0.15) is 11.5 Å². The molecule has 0 bridgehead atoms. The lowest BCUT2D eigenvalue weighted by atomic mass is 10.1. The minimum Gasteiger partial charge on any atom is -0.325 e. The van der Waals surface area contributed by atoms with E-state index in [-0.39, 0.29) is 23.1 Å². The largest absolute Gasteiger partial charge is 0.325 e. The molecule has 2 aromatic carbocycles. The summed E-state index contributed by atoms with van der Waals surface area (Å²) in [5.74, 6) is -0.100. The zero-order valence-corrected chi connectivity index (χ0v) is 18.1. The van der Waals surface area contributed by atoms with Crippen molar-refractivity contribution < 1.29 is 9.59 Å². The molecule has 0 aromatic heterocycles. The van der Waals surface area contributed by atoms with Crippen molar-refractivity contribution in [1.82, 2.24) is 21.3 Å². The van der Waals surface area contributed by atoms with E-state index in [0.717, 1.165) is 16.8 Å². The third-order valence-electron chi connectivity index (χ3n) is 4.99. The smallest absolute Gasteiger partial charge is 0.257 e. The molecule has 0 saturated carbocycles. The highest BCUT2D eigenvalue weighted by atomic mass is 35.5. The first-order chi connectivity index (χ1) is 14.4. The van der Waals surface area contributed by atoms with E-state index in [1.54, 1.807) is 12.1 Å². The fourth-order valence-electron chi connectivity index (χ4n) is 3.27. The number of anilines is 1. The highest BCUT2D eigenvalue weighted by Gasteiger charge is 2.40. The van der Waals surface area contributed by atoms with Crippen molar-refractivity contribution >= 4 is 46.6 Å². The predicted octanol–water partition coefficient (Wildman–Crippen LogP) is 2.78. The Hall–Kier alpha value is -2.52. The molecule has 2 aromatic rings. The van der Waals surface area contributed by atoms with Gasteiger partial charge in [0.25, 0.3) is 5.91 Å². The predicted molar refractivity (Wildman–Crippen MR) is 120 cm³/mol. The molecule has 0 radical (unpaired) electrons. The number of carbonyl (C=O) groups excluding carboxylic acids is 2. The number of thioether (sulfide) groups is 1. The van der Waals surface area contributed by atoms with E-state index in [9.17, 15) is 9.59 Å². The van der Waals surface area contributed by atoms with E-state index in [1.807, 2.05) is 55.3 Å². The highest BCUT2D eigenvalue weighted by molar-refractivity contribution is 8.00. The number of hydrogen-bond acceptors (Lipinski definition) is 6. The van der Waals surface area contributed by atoms with Crippen LogP contribution in [0.15, 0.2) is 48.5 Å². The number of hydrazine groups is 2. The van der Waals surface area contributed by atoms with Crippen LogP contribution < -0.4 is 21.6 Å². The number of amides is 2. The number of hydrogen-bond donors (Lipinski definition) is 4. The van der Waals surface area contributed by atoms with Gasteiger partial charge in [-0.2, -0.15) is 5.01 Å². The highest BCUT2D eigenvalue weighted by Crippen LogP contribution is 2.28. The lowest BCUT2D eigenvalue weighted by Crippen LogP contribution is -2.66. The Morgan fingerprint density at radius 3 is 2.73 bits per heavy atom. The molecule has 1 fully saturated rings. The van der Waals surface area contributed by atoms with Crippen LogP contribution in [0.3, 0.4) is 0 Å².